The average Bonchev–Trinajstić information content (AvgIpc) is 3.16. The molecular formula is C23H17ClF2N6O. The van der Waals surface area contributed by atoms with Gasteiger partial charge in [0, 0.05) is 35.1 Å². The van der Waals surface area contributed by atoms with Crippen molar-refractivity contribution in [1.29, 1.82) is 0 Å². The van der Waals surface area contributed by atoms with Crippen LogP contribution in [0.4, 0.5) is 14.6 Å². The van der Waals surface area contributed by atoms with E-state index in [1.165, 1.54) is 0 Å². The van der Waals surface area contributed by atoms with Gasteiger partial charge in [0.2, 0.25) is 5.91 Å². The van der Waals surface area contributed by atoms with Crippen molar-refractivity contribution in [1.82, 2.24) is 24.4 Å². The number of fused-ring (bicyclic) bond motifs is 2. The van der Waals surface area contributed by atoms with Crippen molar-refractivity contribution in [3.8, 4) is 16.8 Å². The highest BCUT2D eigenvalue weighted by atomic mass is 35.5. The van der Waals surface area contributed by atoms with E-state index in [1.54, 1.807) is 45.9 Å². The van der Waals surface area contributed by atoms with Gasteiger partial charge in [-0.25, -0.2) is 13.3 Å². The Balaban J connectivity index is 1.46. The molecule has 4 aromatic heterocycles. The lowest BCUT2D eigenvalue weighted by atomic mass is 10.0. The van der Waals surface area contributed by atoms with Gasteiger partial charge >= 0.3 is 0 Å². The number of aromatic nitrogens is 5. The van der Waals surface area contributed by atoms with Gasteiger partial charge in [0.1, 0.15) is 11.9 Å². The summed E-state index contributed by atoms with van der Waals surface area (Å²) in [6.07, 6.45) is 4.24. The van der Waals surface area contributed by atoms with Crippen molar-refractivity contribution >= 4 is 39.7 Å². The monoisotopic (exact) mass is 466 g/mol. The highest BCUT2D eigenvalue weighted by molar-refractivity contribution is 6.35. The molecule has 1 aromatic carbocycles. The van der Waals surface area contributed by atoms with E-state index in [1.807, 2.05) is 19.1 Å². The molecule has 33 heavy (non-hydrogen) atoms. The number of amides is 1. The molecule has 166 valence electrons. The smallest absolute Gasteiger partial charge is 0.231 e. The zero-order chi connectivity index (χ0) is 22.9. The molecule has 0 unspecified atom stereocenters. The number of hydrogen-bond donors (Lipinski definition) is 2. The van der Waals surface area contributed by atoms with E-state index >= 15 is 4.39 Å². The minimum Gasteiger partial charge on any atom is -0.317 e. The van der Waals surface area contributed by atoms with Crippen molar-refractivity contribution in [2.75, 3.05) is 5.32 Å². The molecule has 1 saturated carbocycles. The summed E-state index contributed by atoms with van der Waals surface area (Å²) in [5.41, 5.74) is 3.51. The van der Waals surface area contributed by atoms with Crippen LogP contribution in [-0.2, 0) is 4.79 Å². The second kappa shape index (κ2) is 7.14. The second-order valence-corrected chi connectivity index (χ2v) is 8.57. The van der Waals surface area contributed by atoms with Crippen LogP contribution >= 0.6 is 11.6 Å². The third-order valence-electron chi connectivity index (χ3n) is 6.01. The zero-order valence-electron chi connectivity index (χ0n) is 17.3. The molecule has 2 atom stereocenters. The van der Waals surface area contributed by atoms with Crippen LogP contribution in [0.2, 0.25) is 5.02 Å². The lowest BCUT2D eigenvalue weighted by molar-refractivity contribution is -0.117. The maximum Gasteiger partial charge on any atom is 0.231 e. The van der Waals surface area contributed by atoms with Gasteiger partial charge in [0.05, 0.1) is 28.2 Å². The molecule has 1 aliphatic carbocycles. The number of nitrogens with zero attached hydrogens (tertiary/aromatic N) is 4. The Kier molecular flexibility index (Phi) is 4.31. The fourth-order valence-corrected chi connectivity index (χ4v) is 4.49. The number of alkyl halides is 1. The lowest BCUT2D eigenvalue weighted by Crippen LogP contribution is -2.15. The molecule has 4 heterocycles. The first-order valence-electron chi connectivity index (χ1n) is 10.4. The van der Waals surface area contributed by atoms with Gasteiger partial charge in [-0.3, -0.25) is 9.89 Å². The minimum absolute atomic E-state index is 0.0212. The van der Waals surface area contributed by atoms with Crippen molar-refractivity contribution in [2.24, 2.45) is 5.92 Å². The standard InChI is InChI=1S/C23H17ClF2N6O/c1-11-3-2-5-31(11)22-20(26)19(24)18(15-10-27-29-21(15)22)12-4-6-32-13(7-12)8-17(30-32)28-23(33)14-9-16(14)25/h2-8,10,14,16H,9H2,1H3,(H,27,29)(H,28,30,33)/t14-,16+/m1/s1. The molecule has 1 aliphatic rings. The Bertz CT molecular complexity index is 1570. The lowest BCUT2D eigenvalue weighted by Gasteiger charge is -2.14. The molecule has 0 spiro atoms. The molecule has 0 aliphatic heterocycles. The first kappa shape index (κ1) is 19.9. The SMILES string of the molecule is Cc1cccn1-c1c(F)c(Cl)c(-c2ccn3nc(NC(=O)[C@@H]4C[C@@H]4F)cc3c2)c2cn[nH]c12. The van der Waals surface area contributed by atoms with E-state index < -0.39 is 17.9 Å². The molecule has 7 nitrogen and oxygen atoms in total. The highest BCUT2D eigenvalue weighted by Gasteiger charge is 2.43. The minimum atomic E-state index is -1.08. The Morgan fingerprint density at radius 2 is 2.12 bits per heavy atom. The molecule has 0 saturated heterocycles. The van der Waals surface area contributed by atoms with Crippen LogP contribution in [0.3, 0.4) is 0 Å². The Morgan fingerprint density at radius 3 is 2.85 bits per heavy atom. The first-order valence-corrected chi connectivity index (χ1v) is 10.7. The van der Waals surface area contributed by atoms with Crippen molar-refractivity contribution in [3.05, 3.63) is 65.5 Å². The highest BCUT2D eigenvalue weighted by Crippen LogP contribution is 2.41. The topological polar surface area (TPSA) is 80.0 Å². The van der Waals surface area contributed by atoms with Crippen molar-refractivity contribution in [3.63, 3.8) is 0 Å². The number of aryl methyl sites for hydroxylation is 1. The number of pyridine rings is 1. The van der Waals surface area contributed by atoms with Crippen LogP contribution in [-0.4, -0.2) is 36.5 Å². The number of halogens is 3. The normalized spacial score (nSPS) is 17.7. The Hall–Kier alpha value is -3.72. The third-order valence-corrected chi connectivity index (χ3v) is 6.37. The van der Waals surface area contributed by atoms with E-state index in [-0.39, 0.29) is 17.4 Å². The zero-order valence-corrected chi connectivity index (χ0v) is 18.1. The number of nitrogens with one attached hydrogen (secondary N) is 2. The number of hydrogen-bond acceptors (Lipinski definition) is 3. The number of carbonyl (C=O) groups excluding carboxylic acids is 1. The summed E-state index contributed by atoms with van der Waals surface area (Å²) in [5, 5.41) is 14.6. The maximum atomic E-state index is 15.6. The van der Waals surface area contributed by atoms with Crippen LogP contribution < -0.4 is 5.32 Å². The summed E-state index contributed by atoms with van der Waals surface area (Å²) in [5.74, 6) is -1.23. The number of anilines is 1. The van der Waals surface area contributed by atoms with Gasteiger partial charge in [0.25, 0.3) is 0 Å². The summed E-state index contributed by atoms with van der Waals surface area (Å²) in [4.78, 5) is 12.0. The summed E-state index contributed by atoms with van der Waals surface area (Å²) in [6, 6.07) is 8.94. The molecule has 6 rings (SSSR count). The molecule has 0 bridgehead atoms. The van der Waals surface area contributed by atoms with Crippen LogP contribution in [0.15, 0.2) is 48.9 Å². The average molecular weight is 467 g/mol. The molecule has 5 aromatic rings. The molecule has 2 N–H and O–H groups in total. The number of carbonyl (C=O) groups is 1. The number of rotatable bonds is 4. The van der Waals surface area contributed by atoms with Gasteiger partial charge < -0.3 is 9.88 Å². The van der Waals surface area contributed by atoms with Crippen LogP contribution in [0.25, 0.3) is 33.2 Å². The fraction of sp³-hybridized carbons (Fsp3) is 0.174. The first-order chi connectivity index (χ1) is 15.9. The fourth-order valence-electron chi connectivity index (χ4n) is 4.19. The molecular weight excluding hydrogens is 450 g/mol. The van der Waals surface area contributed by atoms with Gasteiger partial charge in [-0.15, -0.1) is 0 Å². The quantitative estimate of drug-likeness (QED) is 0.388. The van der Waals surface area contributed by atoms with E-state index in [4.69, 9.17) is 11.6 Å². The van der Waals surface area contributed by atoms with Crippen molar-refractivity contribution in [2.45, 2.75) is 19.5 Å². The van der Waals surface area contributed by atoms with E-state index in [0.717, 1.165) is 5.69 Å². The molecule has 1 amide bonds. The number of benzene rings is 1. The Morgan fingerprint density at radius 1 is 1.30 bits per heavy atom. The predicted molar refractivity (Wildman–Crippen MR) is 121 cm³/mol. The maximum absolute atomic E-state index is 15.6. The van der Waals surface area contributed by atoms with Gasteiger partial charge in [-0.2, -0.15) is 10.2 Å². The van der Waals surface area contributed by atoms with Crippen LogP contribution in [0.5, 0.6) is 0 Å². The predicted octanol–water partition coefficient (Wildman–Crippen LogP) is 5.07. The molecule has 10 heteroatoms. The molecule has 1 fully saturated rings. The van der Waals surface area contributed by atoms with Gasteiger partial charge in [0.15, 0.2) is 11.6 Å². The third kappa shape index (κ3) is 3.11. The van der Waals surface area contributed by atoms with Crippen molar-refractivity contribution < 1.29 is 13.6 Å². The Labute approximate surface area is 191 Å². The summed E-state index contributed by atoms with van der Waals surface area (Å²) in [7, 11) is 0. The number of aromatic amines is 1. The summed E-state index contributed by atoms with van der Waals surface area (Å²) < 4.78 is 32.0. The van der Waals surface area contributed by atoms with E-state index in [2.05, 4.69) is 20.6 Å². The second-order valence-electron chi connectivity index (χ2n) is 8.19. The van der Waals surface area contributed by atoms with Crippen LogP contribution in [0, 0.1) is 18.7 Å². The summed E-state index contributed by atoms with van der Waals surface area (Å²) >= 11 is 6.57. The van der Waals surface area contributed by atoms with E-state index in [0.29, 0.717) is 39.1 Å². The van der Waals surface area contributed by atoms with Gasteiger partial charge in [-0.1, -0.05) is 11.6 Å². The van der Waals surface area contributed by atoms with Gasteiger partial charge in [-0.05, 0) is 43.2 Å². The summed E-state index contributed by atoms with van der Waals surface area (Å²) in [6.45, 7) is 1.88. The molecule has 0 radical (unpaired) electrons. The largest absolute Gasteiger partial charge is 0.317 e. The number of H-pyrrole nitrogens is 1. The van der Waals surface area contributed by atoms with E-state index in [9.17, 15) is 9.18 Å². The van der Waals surface area contributed by atoms with Crippen LogP contribution in [0.1, 0.15) is 12.1 Å².